The lowest BCUT2D eigenvalue weighted by molar-refractivity contribution is 0.745. The first-order valence-electron chi connectivity index (χ1n) is 17.7. The Kier molecular flexibility index (Phi) is 6.80. The molecule has 0 spiro atoms. The molecule has 2 unspecified atom stereocenters. The van der Waals surface area contributed by atoms with Gasteiger partial charge in [0.2, 0.25) is 0 Å². The van der Waals surface area contributed by atoms with Crippen LogP contribution in [0.5, 0.6) is 0 Å². The molecule has 0 fully saturated rings. The van der Waals surface area contributed by atoms with Crippen LogP contribution in [-0.2, 0) is 6.42 Å². The summed E-state index contributed by atoms with van der Waals surface area (Å²) in [4.78, 5) is 2.49. The zero-order chi connectivity index (χ0) is 33.0. The van der Waals surface area contributed by atoms with Gasteiger partial charge in [-0.1, -0.05) is 127 Å². The van der Waals surface area contributed by atoms with Crippen molar-refractivity contribution in [3.8, 4) is 39.1 Å². The molecule has 6 aromatic carbocycles. The fourth-order valence-electron chi connectivity index (χ4n) is 8.43. The van der Waals surface area contributed by atoms with Crippen molar-refractivity contribution in [2.75, 3.05) is 4.90 Å². The van der Waals surface area contributed by atoms with Gasteiger partial charge in [-0.25, -0.2) is 0 Å². The number of aryl methyl sites for hydroxylation is 1. The first kappa shape index (κ1) is 28.9. The molecule has 0 N–H and O–H groups in total. The number of fused-ring (bicyclic) bond motifs is 6. The van der Waals surface area contributed by atoms with Crippen molar-refractivity contribution in [3.63, 3.8) is 0 Å². The van der Waals surface area contributed by atoms with Crippen molar-refractivity contribution >= 4 is 28.4 Å². The summed E-state index contributed by atoms with van der Waals surface area (Å²) in [5, 5.41) is 1.37. The van der Waals surface area contributed by atoms with E-state index in [1.807, 2.05) is 0 Å². The third-order valence-electron chi connectivity index (χ3n) is 10.8. The van der Waals surface area contributed by atoms with E-state index in [4.69, 9.17) is 0 Å². The topological polar surface area (TPSA) is 8.17 Å². The van der Waals surface area contributed by atoms with Crippen LogP contribution in [0.4, 0.5) is 11.4 Å². The van der Waals surface area contributed by atoms with Crippen LogP contribution in [0.3, 0.4) is 0 Å². The molecule has 0 bridgehead atoms. The number of rotatable bonds is 5. The third-order valence-corrected chi connectivity index (χ3v) is 10.8. The molecule has 0 saturated carbocycles. The molecule has 50 heavy (non-hydrogen) atoms. The number of aromatic nitrogens is 1. The van der Waals surface area contributed by atoms with Crippen LogP contribution < -0.4 is 4.90 Å². The molecule has 2 heteroatoms. The number of hydrogen-bond donors (Lipinski definition) is 0. The average Bonchev–Trinajstić information content (AvgIpc) is 3.71. The van der Waals surface area contributed by atoms with Crippen molar-refractivity contribution in [2.24, 2.45) is 0 Å². The molecule has 0 amide bonds. The highest BCUT2D eigenvalue weighted by molar-refractivity contribution is 5.91. The Morgan fingerprint density at radius 2 is 1.14 bits per heavy atom. The molecule has 238 valence electrons. The minimum Gasteiger partial charge on any atom is -0.333 e. The third kappa shape index (κ3) is 4.71. The number of anilines is 2. The number of allylic oxidation sites excluding steroid dienone is 3. The summed E-state index contributed by atoms with van der Waals surface area (Å²) in [6.45, 7) is 0. The van der Waals surface area contributed by atoms with Crippen LogP contribution in [0.2, 0.25) is 0 Å². The SMILES string of the molecule is C1=CC2c3ccccc3N(c3ccc(-c4cccc(-c5cccc(-c6ccc(-n7c8c(c9ccccc97)CCC=C8)cc6)c5)c4)cc3)C2C=C1. The molecule has 2 aliphatic carbocycles. The summed E-state index contributed by atoms with van der Waals surface area (Å²) in [5.74, 6) is 0.392. The average molecular weight is 641 g/mol. The van der Waals surface area contributed by atoms with E-state index in [0.717, 1.165) is 12.8 Å². The maximum atomic E-state index is 2.49. The van der Waals surface area contributed by atoms with Gasteiger partial charge in [0.1, 0.15) is 0 Å². The summed E-state index contributed by atoms with van der Waals surface area (Å²) in [7, 11) is 0. The van der Waals surface area contributed by atoms with Gasteiger partial charge in [-0.15, -0.1) is 0 Å². The summed E-state index contributed by atoms with van der Waals surface area (Å²) < 4.78 is 2.42. The van der Waals surface area contributed by atoms with Crippen molar-refractivity contribution < 1.29 is 0 Å². The Hall–Kier alpha value is -6.12. The summed E-state index contributed by atoms with van der Waals surface area (Å²) in [5.41, 5.74) is 16.5. The van der Waals surface area contributed by atoms with Crippen LogP contribution in [0, 0.1) is 0 Å². The van der Waals surface area contributed by atoms with Crippen molar-refractivity contribution in [2.45, 2.75) is 24.8 Å². The van der Waals surface area contributed by atoms with Gasteiger partial charge in [-0.2, -0.15) is 0 Å². The molecule has 0 saturated heterocycles. The van der Waals surface area contributed by atoms with E-state index in [9.17, 15) is 0 Å². The van der Waals surface area contributed by atoms with E-state index in [1.165, 1.54) is 78.2 Å². The quantitative estimate of drug-likeness (QED) is 0.182. The van der Waals surface area contributed by atoms with E-state index in [1.54, 1.807) is 0 Å². The standard InChI is InChI=1S/C48H36N2/c1-5-19-45-41(15-1)42-16-2-6-20-46(42)49(45)39-27-23-33(24-28-39)35-11-9-13-37(31-35)38-14-10-12-36(32-38)34-25-29-40(30-26-34)50-47-21-7-3-17-43(47)44-18-4-8-22-48(44)50/h1-3,5-17,19-32,41,45H,4,18H2. The maximum Gasteiger partial charge on any atom is 0.0629 e. The second-order valence-electron chi connectivity index (χ2n) is 13.6. The van der Waals surface area contributed by atoms with Crippen LogP contribution in [0.25, 0.3) is 56.0 Å². The zero-order valence-corrected chi connectivity index (χ0v) is 27.8. The van der Waals surface area contributed by atoms with Gasteiger partial charge in [0, 0.05) is 34.1 Å². The fourth-order valence-corrected chi connectivity index (χ4v) is 8.43. The predicted octanol–water partition coefficient (Wildman–Crippen LogP) is 12.3. The zero-order valence-electron chi connectivity index (χ0n) is 27.8. The minimum absolute atomic E-state index is 0.311. The van der Waals surface area contributed by atoms with Gasteiger partial charge in [0.05, 0.1) is 11.6 Å². The lowest BCUT2D eigenvalue weighted by atomic mass is 9.91. The molecule has 2 atom stereocenters. The Labute approximate surface area is 293 Å². The van der Waals surface area contributed by atoms with Crippen LogP contribution in [-0.4, -0.2) is 10.6 Å². The molecule has 7 aromatic rings. The Bertz CT molecular complexity index is 2490. The number of nitrogens with zero attached hydrogens (tertiary/aromatic N) is 2. The smallest absolute Gasteiger partial charge is 0.0629 e. The van der Waals surface area contributed by atoms with Gasteiger partial charge in [-0.3, -0.25) is 0 Å². The molecular formula is C48H36N2. The fraction of sp³-hybridized carbons (Fsp3) is 0.0833. The van der Waals surface area contributed by atoms with E-state index in [2.05, 4.69) is 192 Å². The number of hydrogen-bond acceptors (Lipinski definition) is 1. The van der Waals surface area contributed by atoms with Gasteiger partial charge in [-0.05, 0) is 112 Å². The monoisotopic (exact) mass is 640 g/mol. The lowest BCUT2D eigenvalue weighted by Crippen LogP contribution is -2.28. The van der Waals surface area contributed by atoms with Crippen molar-refractivity contribution in [1.82, 2.24) is 4.57 Å². The Morgan fingerprint density at radius 3 is 1.88 bits per heavy atom. The highest BCUT2D eigenvalue weighted by atomic mass is 15.2. The van der Waals surface area contributed by atoms with Gasteiger partial charge in [0.15, 0.2) is 0 Å². The first-order valence-corrected chi connectivity index (χ1v) is 17.7. The molecule has 1 aromatic heterocycles. The normalized spacial score (nSPS) is 17.2. The summed E-state index contributed by atoms with van der Waals surface area (Å²) >= 11 is 0. The molecule has 0 radical (unpaired) electrons. The highest BCUT2D eigenvalue weighted by Gasteiger charge is 2.36. The van der Waals surface area contributed by atoms with Gasteiger partial charge in [0.25, 0.3) is 0 Å². The van der Waals surface area contributed by atoms with E-state index < -0.39 is 0 Å². The second kappa shape index (κ2) is 11.8. The molecule has 1 aliphatic heterocycles. The van der Waals surface area contributed by atoms with Gasteiger partial charge >= 0.3 is 0 Å². The number of para-hydroxylation sites is 2. The van der Waals surface area contributed by atoms with Crippen LogP contribution in [0.15, 0.2) is 176 Å². The largest absolute Gasteiger partial charge is 0.333 e. The first-order chi connectivity index (χ1) is 24.8. The molecule has 2 heterocycles. The second-order valence-corrected chi connectivity index (χ2v) is 13.6. The molecule has 2 nitrogen and oxygen atoms in total. The Balaban J connectivity index is 0.931. The minimum atomic E-state index is 0.311. The van der Waals surface area contributed by atoms with E-state index in [-0.39, 0.29) is 0 Å². The Morgan fingerprint density at radius 1 is 0.520 bits per heavy atom. The predicted molar refractivity (Wildman–Crippen MR) is 210 cm³/mol. The van der Waals surface area contributed by atoms with Gasteiger partial charge < -0.3 is 9.47 Å². The van der Waals surface area contributed by atoms with Crippen LogP contribution >= 0.6 is 0 Å². The van der Waals surface area contributed by atoms with Crippen LogP contribution in [0.1, 0.15) is 29.2 Å². The van der Waals surface area contributed by atoms with Crippen molar-refractivity contribution in [1.29, 1.82) is 0 Å². The van der Waals surface area contributed by atoms with E-state index in [0.29, 0.717) is 12.0 Å². The molecule has 10 rings (SSSR count). The molecular weight excluding hydrogens is 605 g/mol. The molecule has 3 aliphatic rings. The lowest BCUT2D eigenvalue weighted by Gasteiger charge is -2.28. The highest BCUT2D eigenvalue weighted by Crippen LogP contribution is 2.47. The van der Waals surface area contributed by atoms with E-state index >= 15 is 0 Å². The summed E-state index contributed by atoms with van der Waals surface area (Å²) in [6.07, 6.45) is 15.8. The van der Waals surface area contributed by atoms with Crippen molar-refractivity contribution in [3.05, 3.63) is 193 Å². The summed E-state index contributed by atoms with van der Waals surface area (Å²) in [6, 6.07) is 54.0. The maximum absolute atomic E-state index is 2.49. The number of benzene rings is 6.